The Hall–Kier alpha value is -3.45. The predicted octanol–water partition coefficient (Wildman–Crippen LogP) is 1.47. The normalized spacial score (nSPS) is 17.5. The first-order chi connectivity index (χ1) is 16.8. The number of aromatic hydroxyl groups is 1. The molecule has 8 nitrogen and oxygen atoms in total. The minimum atomic E-state index is -2.89. The Labute approximate surface area is 204 Å². The van der Waals surface area contributed by atoms with Crippen molar-refractivity contribution in [3.63, 3.8) is 0 Å². The molecule has 2 aromatic carbocycles. The molecule has 1 aliphatic rings. The minimum Gasteiger partial charge on any atom is -0.502 e. The average Bonchev–Trinajstić information content (AvgIpc) is 3.22. The van der Waals surface area contributed by atoms with E-state index in [2.05, 4.69) is 27.1 Å². The second-order valence-electron chi connectivity index (χ2n) is 8.66. The van der Waals surface area contributed by atoms with Crippen LogP contribution in [-0.4, -0.2) is 52.8 Å². The third kappa shape index (κ3) is 6.57. The van der Waals surface area contributed by atoms with Gasteiger partial charge in [0, 0.05) is 36.1 Å². The number of aromatic amines is 1. The number of hydrogen-bond acceptors (Lipinski definition) is 7. The molecular weight excluding hydrogens is 466 g/mol. The van der Waals surface area contributed by atoms with Crippen LogP contribution in [0.4, 0.5) is 0 Å². The van der Waals surface area contributed by atoms with E-state index in [4.69, 9.17) is 0 Å². The van der Waals surface area contributed by atoms with Crippen molar-refractivity contribution in [2.24, 2.45) is 0 Å². The van der Waals surface area contributed by atoms with E-state index in [-0.39, 0.29) is 42.2 Å². The number of nitrogens with one attached hydrogen (secondary N) is 2. The van der Waals surface area contributed by atoms with Gasteiger partial charge in [-0.1, -0.05) is 36.1 Å². The van der Waals surface area contributed by atoms with Gasteiger partial charge in [0.25, 0.3) is 5.56 Å². The molecule has 1 aromatic heterocycles. The van der Waals surface area contributed by atoms with Crippen molar-refractivity contribution in [3.8, 4) is 17.6 Å². The molecule has 2 heterocycles. The van der Waals surface area contributed by atoms with Gasteiger partial charge in [-0.15, -0.1) is 0 Å². The molecule has 0 amide bonds. The number of aliphatic hydroxyl groups is 1. The highest BCUT2D eigenvalue weighted by atomic mass is 32.2. The van der Waals surface area contributed by atoms with Crippen LogP contribution in [0.2, 0.25) is 0 Å². The summed E-state index contributed by atoms with van der Waals surface area (Å²) in [6, 6.07) is 15.3. The van der Waals surface area contributed by atoms with Crippen LogP contribution in [0, 0.1) is 11.8 Å². The molecular formula is C26H27N3O5S. The quantitative estimate of drug-likeness (QED) is 0.367. The van der Waals surface area contributed by atoms with Gasteiger partial charge in [-0.25, -0.2) is 13.4 Å². The molecule has 0 bridgehead atoms. The molecule has 35 heavy (non-hydrogen) atoms. The zero-order valence-corrected chi connectivity index (χ0v) is 19.9. The molecule has 182 valence electrons. The van der Waals surface area contributed by atoms with Crippen LogP contribution < -0.4 is 10.9 Å². The van der Waals surface area contributed by atoms with Gasteiger partial charge in [-0.05, 0) is 41.8 Å². The third-order valence-electron chi connectivity index (χ3n) is 6.08. The molecule has 2 atom stereocenters. The maximum Gasteiger partial charge on any atom is 0.293 e. The lowest BCUT2D eigenvalue weighted by Gasteiger charge is -2.14. The van der Waals surface area contributed by atoms with Crippen LogP contribution in [0.25, 0.3) is 0 Å². The van der Waals surface area contributed by atoms with Gasteiger partial charge >= 0.3 is 0 Å². The van der Waals surface area contributed by atoms with Crippen molar-refractivity contribution in [1.82, 2.24) is 15.3 Å². The maximum absolute atomic E-state index is 11.6. The fourth-order valence-electron chi connectivity index (χ4n) is 4.01. The van der Waals surface area contributed by atoms with E-state index in [0.29, 0.717) is 13.0 Å². The highest BCUT2D eigenvalue weighted by molar-refractivity contribution is 7.91. The SMILES string of the molecule is O=c1[nH]cnc(C[C@H](CO)c2ccc(C#Cc3ccc(CN[C@@H]4CCS(=O)(=O)C4)cc3)cc2)c1O. The molecule has 1 aliphatic heterocycles. The molecule has 0 saturated carbocycles. The summed E-state index contributed by atoms with van der Waals surface area (Å²) >= 11 is 0. The molecule has 0 unspecified atom stereocenters. The van der Waals surface area contributed by atoms with Crippen LogP contribution in [0.15, 0.2) is 59.7 Å². The molecule has 4 rings (SSSR count). The van der Waals surface area contributed by atoms with Gasteiger partial charge in [-0.3, -0.25) is 4.79 Å². The fraction of sp³-hybridized carbons (Fsp3) is 0.308. The maximum atomic E-state index is 11.6. The van der Waals surface area contributed by atoms with Crippen molar-refractivity contribution in [3.05, 3.63) is 93.2 Å². The van der Waals surface area contributed by atoms with Gasteiger partial charge in [0.05, 0.1) is 30.1 Å². The summed E-state index contributed by atoms with van der Waals surface area (Å²) in [4.78, 5) is 17.9. The molecule has 3 aromatic rings. The van der Waals surface area contributed by atoms with Crippen molar-refractivity contribution >= 4 is 9.84 Å². The minimum absolute atomic E-state index is 0.0187. The first-order valence-electron chi connectivity index (χ1n) is 11.3. The summed E-state index contributed by atoms with van der Waals surface area (Å²) in [6.07, 6.45) is 2.13. The summed E-state index contributed by atoms with van der Waals surface area (Å²) in [5.41, 5.74) is 3.24. The highest BCUT2D eigenvalue weighted by Crippen LogP contribution is 2.22. The van der Waals surface area contributed by atoms with E-state index in [1.807, 2.05) is 48.5 Å². The Morgan fingerprint density at radius 2 is 1.74 bits per heavy atom. The Morgan fingerprint density at radius 1 is 1.09 bits per heavy atom. The van der Waals surface area contributed by atoms with Gasteiger partial charge in [-0.2, -0.15) is 0 Å². The summed E-state index contributed by atoms with van der Waals surface area (Å²) < 4.78 is 23.1. The number of hydrogen-bond donors (Lipinski definition) is 4. The second-order valence-corrected chi connectivity index (χ2v) is 10.9. The number of aromatic nitrogens is 2. The molecule has 1 saturated heterocycles. The number of H-pyrrole nitrogens is 1. The Balaban J connectivity index is 1.35. The van der Waals surface area contributed by atoms with E-state index < -0.39 is 21.1 Å². The van der Waals surface area contributed by atoms with E-state index in [0.717, 1.165) is 22.3 Å². The lowest BCUT2D eigenvalue weighted by molar-refractivity contribution is 0.263. The first kappa shape index (κ1) is 24.7. The zero-order valence-electron chi connectivity index (χ0n) is 19.1. The summed E-state index contributed by atoms with van der Waals surface area (Å²) in [7, 11) is -2.89. The number of sulfone groups is 1. The van der Waals surface area contributed by atoms with Crippen molar-refractivity contribution in [2.45, 2.75) is 31.3 Å². The monoisotopic (exact) mass is 493 g/mol. The first-order valence-corrected chi connectivity index (χ1v) is 13.2. The Morgan fingerprint density at radius 3 is 2.34 bits per heavy atom. The van der Waals surface area contributed by atoms with E-state index in [1.54, 1.807) is 0 Å². The van der Waals surface area contributed by atoms with E-state index >= 15 is 0 Å². The lowest BCUT2D eigenvalue weighted by Crippen LogP contribution is -2.29. The van der Waals surface area contributed by atoms with Gasteiger partial charge in [0.1, 0.15) is 0 Å². The second kappa shape index (κ2) is 10.9. The van der Waals surface area contributed by atoms with Crippen molar-refractivity contribution < 1.29 is 18.6 Å². The molecule has 0 spiro atoms. The number of benzene rings is 2. The van der Waals surface area contributed by atoms with Crippen LogP contribution in [0.5, 0.6) is 5.75 Å². The van der Waals surface area contributed by atoms with Crippen molar-refractivity contribution in [2.75, 3.05) is 18.1 Å². The van der Waals surface area contributed by atoms with E-state index in [1.165, 1.54) is 6.33 Å². The van der Waals surface area contributed by atoms with Gasteiger partial charge in [0.15, 0.2) is 9.84 Å². The van der Waals surface area contributed by atoms with Crippen LogP contribution in [0.3, 0.4) is 0 Å². The van der Waals surface area contributed by atoms with Crippen LogP contribution >= 0.6 is 0 Å². The predicted molar refractivity (Wildman–Crippen MR) is 133 cm³/mol. The molecule has 0 radical (unpaired) electrons. The third-order valence-corrected chi connectivity index (χ3v) is 7.85. The molecule has 0 aliphatic carbocycles. The van der Waals surface area contributed by atoms with Crippen LogP contribution in [0.1, 0.15) is 40.3 Å². The smallest absolute Gasteiger partial charge is 0.293 e. The summed E-state index contributed by atoms with van der Waals surface area (Å²) in [5.74, 6) is 5.98. The van der Waals surface area contributed by atoms with Crippen molar-refractivity contribution in [1.29, 1.82) is 0 Å². The van der Waals surface area contributed by atoms with Crippen LogP contribution in [-0.2, 0) is 22.8 Å². The average molecular weight is 494 g/mol. The Kier molecular flexibility index (Phi) is 7.66. The van der Waals surface area contributed by atoms with E-state index in [9.17, 15) is 23.4 Å². The summed E-state index contributed by atoms with van der Waals surface area (Å²) in [5, 5.41) is 23.0. The highest BCUT2D eigenvalue weighted by Gasteiger charge is 2.27. The summed E-state index contributed by atoms with van der Waals surface area (Å²) in [6.45, 7) is 0.461. The van der Waals surface area contributed by atoms with Gasteiger partial charge in [0.2, 0.25) is 5.75 Å². The number of nitrogens with zero attached hydrogens (tertiary/aromatic N) is 1. The standard InChI is InChI=1S/C26H27N3O5S/c30-15-22(13-24-25(31)26(32)29-17-28-24)21-9-7-19(8-10-21)2-1-18-3-5-20(6-4-18)14-27-23-11-12-35(33,34)16-23/h3-10,17,22-23,27,30-31H,11-16H2,(H,28,29,32)/t22-,23-/m1/s1. The number of rotatable bonds is 7. The number of aliphatic hydroxyl groups excluding tert-OH is 1. The lowest BCUT2D eigenvalue weighted by atomic mass is 9.94. The Bertz CT molecular complexity index is 1390. The topological polar surface area (TPSA) is 132 Å². The molecule has 1 fully saturated rings. The zero-order chi connectivity index (χ0) is 24.8. The fourth-order valence-corrected chi connectivity index (χ4v) is 5.71. The van der Waals surface area contributed by atoms with Gasteiger partial charge < -0.3 is 20.5 Å². The molecule has 4 N–H and O–H groups in total. The largest absolute Gasteiger partial charge is 0.502 e. The molecule has 9 heteroatoms.